The fourth-order valence-electron chi connectivity index (χ4n) is 3.47. The lowest BCUT2D eigenvalue weighted by molar-refractivity contribution is 0.586. The van der Waals surface area contributed by atoms with Gasteiger partial charge in [0.05, 0.1) is 10.0 Å². The molecule has 142 valence electrons. The summed E-state index contributed by atoms with van der Waals surface area (Å²) in [4.78, 5) is 0. The monoisotopic (exact) mass is 419 g/mol. The highest BCUT2D eigenvalue weighted by Crippen LogP contribution is 2.37. The Morgan fingerprint density at radius 1 is 0.793 bits per heavy atom. The van der Waals surface area contributed by atoms with Crippen molar-refractivity contribution in [2.75, 3.05) is 5.32 Å². The lowest BCUT2D eigenvalue weighted by atomic mass is 9.99. The van der Waals surface area contributed by atoms with E-state index in [9.17, 15) is 0 Å². The summed E-state index contributed by atoms with van der Waals surface area (Å²) in [6.45, 7) is 0. The van der Waals surface area contributed by atoms with Crippen molar-refractivity contribution in [1.82, 2.24) is 20.2 Å². The van der Waals surface area contributed by atoms with Crippen LogP contribution in [0.5, 0.6) is 0 Å². The van der Waals surface area contributed by atoms with Crippen LogP contribution in [0.25, 0.3) is 16.8 Å². The minimum atomic E-state index is -0.267. The normalized spacial score (nSPS) is 15.4. The van der Waals surface area contributed by atoms with Crippen LogP contribution in [0.1, 0.15) is 17.2 Å². The summed E-state index contributed by atoms with van der Waals surface area (Å²) in [6, 6.07) is 23.9. The van der Waals surface area contributed by atoms with Crippen molar-refractivity contribution in [3.8, 4) is 11.1 Å². The molecule has 3 aromatic carbocycles. The van der Waals surface area contributed by atoms with Gasteiger partial charge in [0.2, 0.25) is 5.95 Å². The summed E-state index contributed by atoms with van der Waals surface area (Å²) < 4.78 is 1.69. The summed E-state index contributed by atoms with van der Waals surface area (Å²) in [7, 11) is 0. The second kappa shape index (κ2) is 7.35. The van der Waals surface area contributed by atoms with Crippen molar-refractivity contribution in [2.45, 2.75) is 6.04 Å². The van der Waals surface area contributed by atoms with E-state index in [1.165, 1.54) is 5.56 Å². The molecular formula is C22H15Cl2N5. The van der Waals surface area contributed by atoms with E-state index in [0.717, 1.165) is 22.4 Å². The van der Waals surface area contributed by atoms with Gasteiger partial charge in [0.1, 0.15) is 6.04 Å². The smallest absolute Gasteiger partial charge is 0.248 e. The molecule has 4 aromatic rings. The Morgan fingerprint density at radius 2 is 1.52 bits per heavy atom. The van der Waals surface area contributed by atoms with E-state index in [1.807, 2.05) is 30.3 Å². The number of anilines is 1. The molecular weight excluding hydrogens is 405 g/mol. The highest BCUT2D eigenvalue weighted by molar-refractivity contribution is 6.42. The number of nitrogens with zero attached hydrogens (tertiary/aromatic N) is 4. The second-order valence-corrected chi connectivity index (χ2v) is 7.47. The molecule has 0 bridgehead atoms. The van der Waals surface area contributed by atoms with E-state index in [-0.39, 0.29) is 6.04 Å². The van der Waals surface area contributed by atoms with Crippen LogP contribution >= 0.6 is 23.2 Å². The molecule has 0 saturated carbocycles. The highest BCUT2D eigenvalue weighted by Gasteiger charge is 2.26. The van der Waals surface area contributed by atoms with Crippen molar-refractivity contribution in [3.63, 3.8) is 0 Å². The SMILES string of the molecule is Clc1cccc(C2C=C(c3ccc(-c4ccccc4)cc3)Nc3nnnn32)c1Cl. The first-order valence-electron chi connectivity index (χ1n) is 9.07. The molecule has 0 saturated heterocycles. The topological polar surface area (TPSA) is 55.6 Å². The molecule has 1 aliphatic rings. The summed E-state index contributed by atoms with van der Waals surface area (Å²) >= 11 is 12.7. The lowest BCUT2D eigenvalue weighted by Crippen LogP contribution is -2.20. The first kappa shape index (κ1) is 17.9. The zero-order chi connectivity index (χ0) is 19.8. The van der Waals surface area contributed by atoms with Crippen molar-refractivity contribution in [3.05, 3.63) is 100 Å². The van der Waals surface area contributed by atoms with Crippen LogP contribution in [0.2, 0.25) is 10.0 Å². The third kappa shape index (κ3) is 3.28. The van der Waals surface area contributed by atoms with Crippen LogP contribution in [0.4, 0.5) is 5.95 Å². The van der Waals surface area contributed by atoms with Gasteiger partial charge in [0.25, 0.3) is 0 Å². The lowest BCUT2D eigenvalue weighted by Gasteiger charge is -2.24. The standard InChI is InChI=1S/C22H15Cl2N5/c23-18-8-4-7-17(21(18)24)20-13-19(25-22-26-27-28-29(20)22)16-11-9-15(10-12-16)14-5-2-1-3-6-14/h1-13,20H,(H,25,26,28). The Labute approximate surface area is 177 Å². The van der Waals surface area contributed by atoms with Crippen LogP contribution < -0.4 is 5.32 Å². The number of nitrogens with one attached hydrogen (secondary N) is 1. The van der Waals surface area contributed by atoms with E-state index in [0.29, 0.717) is 16.0 Å². The third-order valence-corrected chi connectivity index (χ3v) is 5.76. The van der Waals surface area contributed by atoms with Gasteiger partial charge in [0.15, 0.2) is 0 Å². The van der Waals surface area contributed by atoms with Gasteiger partial charge in [-0.2, -0.15) is 4.68 Å². The average molecular weight is 420 g/mol. The maximum Gasteiger partial charge on any atom is 0.248 e. The minimum absolute atomic E-state index is 0.267. The molecule has 29 heavy (non-hydrogen) atoms. The Kier molecular flexibility index (Phi) is 4.54. The Morgan fingerprint density at radius 3 is 2.31 bits per heavy atom. The maximum atomic E-state index is 6.48. The van der Waals surface area contributed by atoms with Crippen LogP contribution in [0, 0.1) is 0 Å². The molecule has 1 N–H and O–H groups in total. The number of benzene rings is 3. The first-order chi connectivity index (χ1) is 14.2. The van der Waals surface area contributed by atoms with Crippen LogP contribution in [-0.2, 0) is 0 Å². The number of halogens is 2. The molecule has 5 rings (SSSR count). The quantitative estimate of drug-likeness (QED) is 0.462. The molecule has 0 spiro atoms. The molecule has 5 nitrogen and oxygen atoms in total. The fraction of sp³-hybridized carbons (Fsp3) is 0.0455. The van der Waals surface area contributed by atoms with Crippen LogP contribution in [0.15, 0.2) is 78.9 Å². The minimum Gasteiger partial charge on any atom is -0.323 e. The molecule has 1 aliphatic heterocycles. The van der Waals surface area contributed by atoms with Crippen LogP contribution in [-0.4, -0.2) is 20.2 Å². The fourth-order valence-corrected chi connectivity index (χ4v) is 3.89. The molecule has 0 aliphatic carbocycles. The molecule has 0 amide bonds. The first-order valence-corrected chi connectivity index (χ1v) is 9.83. The molecule has 2 heterocycles. The number of allylic oxidation sites excluding steroid dienone is 1. The zero-order valence-corrected chi connectivity index (χ0v) is 16.6. The van der Waals surface area contributed by atoms with Crippen LogP contribution in [0.3, 0.4) is 0 Å². The van der Waals surface area contributed by atoms with Gasteiger partial charge in [-0.3, -0.25) is 0 Å². The number of tetrazole rings is 1. The number of fused-ring (bicyclic) bond motifs is 1. The number of hydrogen-bond donors (Lipinski definition) is 1. The predicted octanol–water partition coefficient (Wildman–Crippen LogP) is 5.70. The molecule has 1 atom stereocenters. The third-order valence-electron chi connectivity index (χ3n) is 4.93. The van der Waals surface area contributed by atoms with Gasteiger partial charge in [-0.1, -0.05) is 95.0 Å². The summed E-state index contributed by atoms with van der Waals surface area (Å²) in [5, 5.41) is 16.3. The van der Waals surface area contributed by atoms with Gasteiger partial charge < -0.3 is 5.32 Å². The highest BCUT2D eigenvalue weighted by atomic mass is 35.5. The second-order valence-electron chi connectivity index (χ2n) is 6.68. The van der Waals surface area contributed by atoms with E-state index in [1.54, 1.807) is 10.7 Å². The maximum absolute atomic E-state index is 6.48. The van der Waals surface area contributed by atoms with E-state index >= 15 is 0 Å². The molecule has 7 heteroatoms. The van der Waals surface area contributed by atoms with Crippen molar-refractivity contribution in [1.29, 1.82) is 0 Å². The van der Waals surface area contributed by atoms with Crippen molar-refractivity contribution >= 4 is 34.8 Å². The average Bonchev–Trinajstić information content (AvgIpc) is 3.25. The van der Waals surface area contributed by atoms with Crippen molar-refractivity contribution in [2.24, 2.45) is 0 Å². The summed E-state index contributed by atoms with van der Waals surface area (Å²) in [6.07, 6.45) is 2.05. The summed E-state index contributed by atoms with van der Waals surface area (Å²) in [5.74, 6) is 0.552. The Balaban J connectivity index is 1.55. The molecule has 0 radical (unpaired) electrons. The Bertz CT molecular complexity index is 1200. The van der Waals surface area contributed by atoms with Gasteiger partial charge in [0, 0.05) is 11.3 Å². The molecule has 1 aromatic heterocycles. The summed E-state index contributed by atoms with van der Waals surface area (Å²) in [5.41, 5.74) is 5.12. The van der Waals surface area contributed by atoms with Gasteiger partial charge in [-0.25, -0.2) is 0 Å². The largest absolute Gasteiger partial charge is 0.323 e. The molecule has 1 unspecified atom stereocenters. The zero-order valence-electron chi connectivity index (χ0n) is 15.1. The van der Waals surface area contributed by atoms with Gasteiger partial charge >= 0.3 is 0 Å². The molecule has 0 fully saturated rings. The Hall–Kier alpha value is -3.15. The van der Waals surface area contributed by atoms with Crippen molar-refractivity contribution < 1.29 is 0 Å². The number of rotatable bonds is 3. The number of hydrogen-bond acceptors (Lipinski definition) is 4. The van der Waals surface area contributed by atoms with E-state index < -0.39 is 0 Å². The van der Waals surface area contributed by atoms with Gasteiger partial charge in [-0.05, 0) is 39.3 Å². The van der Waals surface area contributed by atoms with Gasteiger partial charge in [-0.15, -0.1) is 0 Å². The van der Waals surface area contributed by atoms with E-state index in [4.69, 9.17) is 23.2 Å². The predicted molar refractivity (Wildman–Crippen MR) is 116 cm³/mol. The number of aromatic nitrogens is 4. The van der Waals surface area contributed by atoms with E-state index in [2.05, 4.69) is 63.3 Å².